The molecule has 0 spiro atoms. The van der Waals surface area contributed by atoms with Crippen LogP contribution in [0.25, 0.3) is 11.3 Å². The maximum atomic E-state index is 5.53. The van der Waals surface area contributed by atoms with Crippen molar-refractivity contribution in [2.45, 2.75) is 106 Å². The Morgan fingerprint density at radius 1 is 1.06 bits per heavy atom. The number of hydrogen-bond acceptors (Lipinski definition) is 2. The van der Waals surface area contributed by atoms with Gasteiger partial charge >= 0.3 is 0 Å². The number of methoxy groups -OCH3 is 1. The maximum Gasteiger partial charge on any atom is 0.0858 e. The van der Waals surface area contributed by atoms with E-state index < -0.39 is 0 Å². The Balaban J connectivity index is 0.000000371. The second-order valence-corrected chi connectivity index (χ2v) is 11.2. The highest BCUT2D eigenvalue weighted by atomic mass is 16.5. The third-order valence-corrected chi connectivity index (χ3v) is 7.00. The second kappa shape index (κ2) is 16.5. The molecule has 0 aliphatic carbocycles. The summed E-state index contributed by atoms with van der Waals surface area (Å²) in [6, 6.07) is 12.5. The molecule has 0 radical (unpaired) electrons. The summed E-state index contributed by atoms with van der Waals surface area (Å²) in [4.78, 5) is 4.45. The molecule has 0 saturated heterocycles. The van der Waals surface area contributed by atoms with E-state index in [1.807, 2.05) is 26.1 Å². The average Bonchev–Trinajstić information content (AvgIpc) is 2.86. The molecule has 2 aromatic rings. The number of allylic oxidation sites excluding steroid dienone is 2. The number of benzene rings is 1. The SMILES string of the molecule is C=C(C)CC(OC)c1ccc(-c2ccc(C)cn2)cc1.CCC/C=C(/CC(C)(C)CC)C(C)CCC. The fraction of sp³-hybridized carbons (Fsp3) is 0.559. The van der Waals surface area contributed by atoms with Crippen LogP contribution in [0.4, 0.5) is 0 Å². The molecule has 0 fully saturated rings. The smallest absolute Gasteiger partial charge is 0.0858 e. The van der Waals surface area contributed by atoms with Crippen molar-refractivity contribution in [2.24, 2.45) is 11.3 Å². The Hall–Kier alpha value is -2.19. The lowest BCUT2D eigenvalue weighted by molar-refractivity contribution is 0.104. The van der Waals surface area contributed by atoms with Crippen LogP contribution in [0.3, 0.4) is 0 Å². The Bertz CT molecular complexity index is 905. The van der Waals surface area contributed by atoms with Gasteiger partial charge in [-0.1, -0.05) is 108 Å². The second-order valence-electron chi connectivity index (χ2n) is 11.2. The van der Waals surface area contributed by atoms with Gasteiger partial charge in [0, 0.05) is 18.9 Å². The van der Waals surface area contributed by atoms with E-state index in [-0.39, 0.29) is 6.10 Å². The zero-order valence-corrected chi connectivity index (χ0v) is 24.8. The van der Waals surface area contributed by atoms with Gasteiger partial charge in [-0.05, 0) is 68.1 Å². The third kappa shape index (κ3) is 11.7. The molecule has 0 N–H and O–H groups in total. The Morgan fingerprint density at radius 2 is 1.72 bits per heavy atom. The quantitative estimate of drug-likeness (QED) is 0.260. The van der Waals surface area contributed by atoms with Crippen LogP contribution in [0.1, 0.15) is 111 Å². The van der Waals surface area contributed by atoms with E-state index in [9.17, 15) is 0 Å². The van der Waals surface area contributed by atoms with Crippen LogP contribution in [0.15, 0.2) is 66.4 Å². The molecule has 0 aliphatic rings. The van der Waals surface area contributed by atoms with Crippen LogP contribution in [-0.2, 0) is 4.74 Å². The third-order valence-electron chi connectivity index (χ3n) is 7.00. The number of unbranched alkanes of at least 4 members (excludes halogenated alkanes) is 1. The first-order valence-corrected chi connectivity index (χ1v) is 14.0. The lowest BCUT2D eigenvalue weighted by atomic mass is 9.78. The van der Waals surface area contributed by atoms with Gasteiger partial charge < -0.3 is 4.74 Å². The molecule has 0 bridgehead atoms. The minimum atomic E-state index is 0.0764. The van der Waals surface area contributed by atoms with E-state index in [4.69, 9.17) is 4.74 Å². The number of hydrogen-bond donors (Lipinski definition) is 0. The van der Waals surface area contributed by atoms with Crippen molar-refractivity contribution >= 4 is 0 Å². The Kier molecular flexibility index (Phi) is 14.6. The van der Waals surface area contributed by atoms with Crippen LogP contribution in [0.5, 0.6) is 0 Å². The highest BCUT2D eigenvalue weighted by Gasteiger charge is 2.19. The zero-order chi connectivity index (χ0) is 27.1. The molecule has 2 heteroatoms. The highest BCUT2D eigenvalue weighted by Crippen LogP contribution is 2.33. The topological polar surface area (TPSA) is 22.1 Å². The first-order chi connectivity index (χ1) is 17.1. The van der Waals surface area contributed by atoms with Crippen LogP contribution in [0.2, 0.25) is 0 Å². The van der Waals surface area contributed by atoms with Gasteiger partial charge in [0.2, 0.25) is 0 Å². The molecule has 2 nitrogen and oxygen atoms in total. The Labute approximate surface area is 223 Å². The number of nitrogens with zero attached hydrogens (tertiary/aromatic N) is 1. The van der Waals surface area contributed by atoms with Crippen LogP contribution in [0, 0.1) is 18.3 Å². The standard InChI is InChI=1S/C18H21NO.C16H32/c1-13(2)11-18(20-4)16-8-6-15(7-9-16)17-10-5-14(3)12-19-17;1-7-10-12-15(14(4)11-8-2)13-16(5,6)9-3/h5-10,12,18H,1,11H2,2-4H3;12,14H,7-11,13H2,1-6H3/b;15-12-. The molecular formula is C34H53NO. The summed E-state index contributed by atoms with van der Waals surface area (Å²) < 4.78 is 5.53. The number of aryl methyl sites for hydroxylation is 1. The van der Waals surface area contributed by atoms with Crippen molar-refractivity contribution in [1.82, 2.24) is 4.98 Å². The van der Waals surface area contributed by atoms with Gasteiger partial charge in [0.15, 0.2) is 0 Å². The van der Waals surface area contributed by atoms with E-state index in [2.05, 4.69) is 89.5 Å². The molecule has 1 aromatic heterocycles. The number of aromatic nitrogens is 1. The first-order valence-electron chi connectivity index (χ1n) is 14.0. The molecule has 0 aliphatic heterocycles. The van der Waals surface area contributed by atoms with Gasteiger partial charge in [0.1, 0.15) is 0 Å². The van der Waals surface area contributed by atoms with Crippen LogP contribution in [-0.4, -0.2) is 12.1 Å². The number of ether oxygens (including phenoxy) is 1. The van der Waals surface area contributed by atoms with E-state index in [0.717, 1.165) is 29.2 Å². The summed E-state index contributed by atoms with van der Waals surface area (Å²) >= 11 is 0. The number of rotatable bonds is 13. The first kappa shape index (κ1) is 31.8. The molecular weight excluding hydrogens is 438 g/mol. The monoisotopic (exact) mass is 491 g/mol. The zero-order valence-electron chi connectivity index (χ0n) is 24.8. The van der Waals surface area contributed by atoms with E-state index in [1.54, 1.807) is 12.7 Å². The van der Waals surface area contributed by atoms with Crippen molar-refractivity contribution in [2.75, 3.05) is 7.11 Å². The van der Waals surface area contributed by atoms with Gasteiger partial charge in [-0.15, -0.1) is 6.58 Å². The lowest BCUT2D eigenvalue weighted by Gasteiger charge is -2.27. The van der Waals surface area contributed by atoms with Crippen molar-refractivity contribution in [3.63, 3.8) is 0 Å². The molecule has 2 rings (SSSR count). The largest absolute Gasteiger partial charge is 0.376 e. The molecule has 0 saturated carbocycles. The molecule has 2 unspecified atom stereocenters. The summed E-state index contributed by atoms with van der Waals surface area (Å²) in [6.07, 6.45) is 13.1. The summed E-state index contributed by atoms with van der Waals surface area (Å²) in [5, 5.41) is 0. The summed E-state index contributed by atoms with van der Waals surface area (Å²) in [7, 11) is 1.74. The molecule has 1 heterocycles. The van der Waals surface area contributed by atoms with Gasteiger partial charge in [-0.2, -0.15) is 0 Å². The summed E-state index contributed by atoms with van der Waals surface area (Å²) in [6.45, 7) is 22.1. The van der Waals surface area contributed by atoms with E-state index in [0.29, 0.717) is 5.41 Å². The molecule has 36 heavy (non-hydrogen) atoms. The number of pyridine rings is 1. The van der Waals surface area contributed by atoms with Gasteiger partial charge in [0.05, 0.1) is 11.8 Å². The predicted molar refractivity (Wildman–Crippen MR) is 159 cm³/mol. The molecule has 2 atom stereocenters. The molecule has 0 amide bonds. The van der Waals surface area contributed by atoms with Gasteiger partial charge in [0.25, 0.3) is 0 Å². The van der Waals surface area contributed by atoms with Crippen LogP contribution >= 0.6 is 0 Å². The molecule has 1 aromatic carbocycles. The fourth-order valence-corrected chi connectivity index (χ4v) is 4.23. The van der Waals surface area contributed by atoms with Crippen molar-refractivity contribution in [3.8, 4) is 11.3 Å². The van der Waals surface area contributed by atoms with Crippen molar-refractivity contribution < 1.29 is 4.74 Å². The fourth-order valence-electron chi connectivity index (χ4n) is 4.23. The van der Waals surface area contributed by atoms with E-state index in [1.165, 1.54) is 49.7 Å². The minimum absolute atomic E-state index is 0.0764. The maximum absolute atomic E-state index is 5.53. The summed E-state index contributed by atoms with van der Waals surface area (Å²) in [5.41, 5.74) is 7.77. The normalized spacial score (nSPS) is 13.5. The van der Waals surface area contributed by atoms with Crippen molar-refractivity contribution in [1.29, 1.82) is 0 Å². The Morgan fingerprint density at radius 3 is 2.19 bits per heavy atom. The van der Waals surface area contributed by atoms with E-state index >= 15 is 0 Å². The predicted octanol–water partition coefficient (Wildman–Crippen LogP) is 10.7. The minimum Gasteiger partial charge on any atom is -0.376 e. The van der Waals surface area contributed by atoms with Gasteiger partial charge in [-0.25, -0.2) is 0 Å². The van der Waals surface area contributed by atoms with Crippen LogP contribution < -0.4 is 0 Å². The molecule has 200 valence electrons. The van der Waals surface area contributed by atoms with Gasteiger partial charge in [-0.3, -0.25) is 4.98 Å². The van der Waals surface area contributed by atoms with Crippen molar-refractivity contribution in [3.05, 3.63) is 77.5 Å². The average molecular weight is 492 g/mol. The summed E-state index contributed by atoms with van der Waals surface area (Å²) in [5.74, 6) is 0.780. The lowest BCUT2D eigenvalue weighted by Crippen LogP contribution is -2.14. The highest BCUT2D eigenvalue weighted by molar-refractivity contribution is 5.59.